The SMILES string of the molecule is CC(C)(C)CC(=O)NC(=S)N(C1CCCCC1)C1CCCCC1. The van der Waals surface area contributed by atoms with Crippen molar-refractivity contribution in [3.63, 3.8) is 0 Å². The number of nitrogens with one attached hydrogen (secondary N) is 1. The van der Waals surface area contributed by atoms with E-state index in [1.54, 1.807) is 0 Å². The van der Waals surface area contributed by atoms with Crippen molar-refractivity contribution < 1.29 is 4.79 Å². The van der Waals surface area contributed by atoms with E-state index in [0.29, 0.717) is 23.6 Å². The van der Waals surface area contributed by atoms with E-state index in [0.717, 1.165) is 0 Å². The number of amides is 1. The summed E-state index contributed by atoms with van der Waals surface area (Å²) in [5.74, 6) is 0.0686. The van der Waals surface area contributed by atoms with Gasteiger partial charge in [-0.3, -0.25) is 4.79 Å². The molecule has 0 aromatic heterocycles. The Hall–Kier alpha value is -0.640. The molecule has 0 unspecified atom stereocenters. The number of carbonyl (C=O) groups excluding carboxylic acids is 1. The standard InChI is InChI=1S/C19H34N2OS/c1-19(2,3)14-17(22)20-18(23)21(15-10-6-4-7-11-15)16-12-8-5-9-13-16/h15-16H,4-14H2,1-3H3,(H,20,22,23). The van der Waals surface area contributed by atoms with Crippen molar-refractivity contribution in [2.45, 2.75) is 103 Å². The topological polar surface area (TPSA) is 32.3 Å². The molecule has 0 radical (unpaired) electrons. The van der Waals surface area contributed by atoms with Gasteiger partial charge in [0.1, 0.15) is 0 Å². The first-order valence-corrected chi connectivity index (χ1v) is 9.90. The number of thiocarbonyl (C=S) groups is 1. The third-order valence-corrected chi connectivity index (χ3v) is 5.42. The molecule has 0 aliphatic heterocycles. The van der Waals surface area contributed by atoms with Crippen LogP contribution in [0.4, 0.5) is 0 Å². The molecule has 2 aliphatic rings. The Kier molecular flexibility index (Phi) is 6.87. The summed E-state index contributed by atoms with van der Waals surface area (Å²) < 4.78 is 0. The number of hydrogen-bond donors (Lipinski definition) is 1. The first-order chi connectivity index (χ1) is 10.9. The quantitative estimate of drug-likeness (QED) is 0.751. The highest BCUT2D eigenvalue weighted by Gasteiger charge is 2.31. The van der Waals surface area contributed by atoms with Gasteiger partial charge in [-0.1, -0.05) is 59.3 Å². The molecule has 3 nitrogen and oxygen atoms in total. The number of hydrogen-bond acceptors (Lipinski definition) is 2. The molecule has 0 saturated heterocycles. The van der Waals surface area contributed by atoms with Gasteiger partial charge in [-0.15, -0.1) is 0 Å². The van der Waals surface area contributed by atoms with Gasteiger partial charge in [0.15, 0.2) is 5.11 Å². The molecule has 0 bridgehead atoms. The second-order valence-corrected chi connectivity index (χ2v) is 8.97. The van der Waals surface area contributed by atoms with E-state index in [1.807, 2.05) is 0 Å². The fourth-order valence-electron chi connectivity index (χ4n) is 4.06. The average Bonchev–Trinajstić information content (AvgIpc) is 2.47. The van der Waals surface area contributed by atoms with Crippen LogP contribution in [0.15, 0.2) is 0 Å². The molecule has 0 aromatic carbocycles. The smallest absolute Gasteiger partial charge is 0.226 e. The van der Waals surface area contributed by atoms with E-state index in [4.69, 9.17) is 12.2 Å². The van der Waals surface area contributed by atoms with E-state index in [-0.39, 0.29) is 11.3 Å². The maximum Gasteiger partial charge on any atom is 0.226 e. The van der Waals surface area contributed by atoms with E-state index >= 15 is 0 Å². The highest BCUT2D eigenvalue weighted by atomic mass is 32.1. The Morgan fingerprint density at radius 2 is 1.39 bits per heavy atom. The summed E-state index contributed by atoms with van der Waals surface area (Å²) in [4.78, 5) is 14.7. The first kappa shape index (κ1) is 18.7. The molecule has 1 N–H and O–H groups in total. The van der Waals surface area contributed by atoms with Crippen molar-refractivity contribution in [1.29, 1.82) is 0 Å². The maximum atomic E-state index is 12.3. The zero-order chi connectivity index (χ0) is 16.9. The summed E-state index contributed by atoms with van der Waals surface area (Å²) in [6.07, 6.45) is 13.3. The summed E-state index contributed by atoms with van der Waals surface area (Å²) >= 11 is 5.70. The average molecular weight is 339 g/mol. The van der Waals surface area contributed by atoms with Crippen LogP contribution in [-0.4, -0.2) is 28.0 Å². The van der Waals surface area contributed by atoms with Crippen LogP contribution in [0.2, 0.25) is 0 Å². The maximum absolute atomic E-state index is 12.3. The molecule has 2 rings (SSSR count). The van der Waals surface area contributed by atoms with Crippen molar-refractivity contribution in [3.05, 3.63) is 0 Å². The third-order valence-electron chi connectivity index (χ3n) is 5.11. The van der Waals surface area contributed by atoms with E-state index in [2.05, 4.69) is 31.0 Å². The van der Waals surface area contributed by atoms with Gasteiger partial charge in [0.2, 0.25) is 5.91 Å². The normalized spacial score (nSPS) is 21.0. The number of nitrogens with zero attached hydrogens (tertiary/aromatic N) is 1. The summed E-state index contributed by atoms with van der Waals surface area (Å²) in [5.41, 5.74) is 0.000202. The molecule has 0 atom stereocenters. The van der Waals surface area contributed by atoms with Crippen LogP contribution < -0.4 is 5.32 Å². The van der Waals surface area contributed by atoms with Crippen LogP contribution in [0.1, 0.15) is 91.4 Å². The lowest BCUT2D eigenvalue weighted by Crippen LogP contribution is -2.54. The minimum absolute atomic E-state index is 0.000202. The van der Waals surface area contributed by atoms with Crippen molar-refractivity contribution in [1.82, 2.24) is 10.2 Å². The predicted molar refractivity (Wildman–Crippen MR) is 100 cm³/mol. The molecule has 0 spiro atoms. The summed E-state index contributed by atoms with van der Waals surface area (Å²) in [6.45, 7) is 6.28. The van der Waals surface area contributed by atoms with Crippen molar-refractivity contribution in [2.75, 3.05) is 0 Å². The van der Waals surface area contributed by atoms with Gasteiger partial charge < -0.3 is 10.2 Å². The Morgan fingerprint density at radius 1 is 0.957 bits per heavy atom. The number of rotatable bonds is 3. The zero-order valence-electron chi connectivity index (χ0n) is 15.2. The summed E-state index contributed by atoms with van der Waals surface area (Å²) in [6, 6.07) is 1.07. The Morgan fingerprint density at radius 3 is 1.78 bits per heavy atom. The molecular formula is C19H34N2OS. The summed E-state index contributed by atoms with van der Waals surface area (Å²) in [7, 11) is 0. The van der Waals surface area contributed by atoms with Gasteiger partial charge in [-0.25, -0.2) is 0 Å². The lowest BCUT2D eigenvalue weighted by atomic mass is 9.89. The van der Waals surface area contributed by atoms with Crippen LogP contribution in [0.3, 0.4) is 0 Å². The minimum atomic E-state index is 0.000202. The molecule has 2 aliphatic carbocycles. The van der Waals surface area contributed by atoms with Gasteiger partial charge in [0.05, 0.1) is 0 Å². The molecule has 4 heteroatoms. The zero-order valence-corrected chi connectivity index (χ0v) is 16.0. The number of carbonyl (C=O) groups is 1. The second-order valence-electron chi connectivity index (χ2n) is 8.58. The molecule has 1 amide bonds. The lowest BCUT2D eigenvalue weighted by molar-refractivity contribution is -0.121. The van der Waals surface area contributed by atoms with Crippen LogP contribution in [0, 0.1) is 5.41 Å². The highest BCUT2D eigenvalue weighted by Crippen LogP contribution is 2.30. The summed E-state index contributed by atoms with van der Waals surface area (Å²) in [5, 5.41) is 3.74. The van der Waals surface area contributed by atoms with Crippen molar-refractivity contribution >= 4 is 23.2 Å². The first-order valence-electron chi connectivity index (χ1n) is 9.49. The van der Waals surface area contributed by atoms with E-state index < -0.39 is 0 Å². The van der Waals surface area contributed by atoms with Crippen molar-refractivity contribution in [3.8, 4) is 0 Å². The fourth-order valence-corrected chi connectivity index (χ4v) is 4.47. The van der Waals surface area contributed by atoms with E-state index in [9.17, 15) is 4.79 Å². The minimum Gasteiger partial charge on any atom is -0.343 e. The van der Waals surface area contributed by atoms with E-state index in [1.165, 1.54) is 64.2 Å². The van der Waals surface area contributed by atoms with Crippen molar-refractivity contribution in [2.24, 2.45) is 5.41 Å². The lowest BCUT2D eigenvalue weighted by Gasteiger charge is -2.43. The second kappa shape index (κ2) is 8.46. The molecule has 2 fully saturated rings. The molecular weight excluding hydrogens is 304 g/mol. The molecule has 23 heavy (non-hydrogen) atoms. The fraction of sp³-hybridized carbons (Fsp3) is 0.895. The monoisotopic (exact) mass is 338 g/mol. The van der Waals surface area contributed by atoms with Crippen LogP contribution in [-0.2, 0) is 4.79 Å². The molecule has 2 saturated carbocycles. The Labute approximate surface area is 147 Å². The van der Waals surface area contributed by atoms with Gasteiger partial charge in [-0.2, -0.15) is 0 Å². The van der Waals surface area contributed by atoms with Gasteiger partial charge in [-0.05, 0) is 43.3 Å². The van der Waals surface area contributed by atoms with Gasteiger partial charge in [0.25, 0.3) is 0 Å². The van der Waals surface area contributed by atoms with Crippen LogP contribution >= 0.6 is 12.2 Å². The molecule has 0 heterocycles. The Balaban J connectivity index is 2.02. The van der Waals surface area contributed by atoms with Gasteiger partial charge >= 0.3 is 0 Å². The highest BCUT2D eigenvalue weighted by molar-refractivity contribution is 7.80. The third kappa shape index (κ3) is 6.06. The van der Waals surface area contributed by atoms with Crippen LogP contribution in [0.5, 0.6) is 0 Å². The predicted octanol–water partition coefficient (Wildman–Crippen LogP) is 4.79. The molecule has 132 valence electrons. The largest absolute Gasteiger partial charge is 0.343 e. The van der Waals surface area contributed by atoms with Gasteiger partial charge in [0, 0.05) is 18.5 Å². The Bertz CT molecular complexity index is 386. The van der Waals surface area contributed by atoms with Crippen LogP contribution in [0.25, 0.3) is 0 Å². The molecule has 0 aromatic rings.